The maximum absolute atomic E-state index is 13.6. The number of benzene rings is 1. The van der Waals surface area contributed by atoms with Crippen molar-refractivity contribution in [3.63, 3.8) is 0 Å². The van der Waals surface area contributed by atoms with E-state index in [0.29, 0.717) is 16.6 Å². The van der Waals surface area contributed by atoms with Gasteiger partial charge in [0.2, 0.25) is 0 Å². The lowest BCUT2D eigenvalue weighted by Gasteiger charge is -2.43. The Bertz CT molecular complexity index is 1100. The highest BCUT2D eigenvalue weighted by Crippen LogP contribution is 2.48. The van der Waals surface area contributed by atoms with Gasteiger partial charge in [-0.25, -0.2) is 0 Å². The van der Waals surface area contributed by atoms with Crippen LogP contribution in [-0.2, 0) is 4.79 Å². The molecule has 1 aliphatic carbocycles. The van der Waals surface area contributed by atoms with Crippen LogP contribution in [0.25, 0.3) is 4.85 Å². The van der Waals surface area contributed by atoms with Crippen molar-refractivity contribution in [3.8, 4) is 5.75 Å². The minimum atomic E-state index is -0.633. The first-order valence-corrected chi connectivity index (χ1v) is 12.5. The first-order valence-electron chi connectivity index (χ1n) is 10.9. The van der Waals surface area contributed by atoms with E-state index >= 15 is 0 Å². The molecule has 2 saturated heterocycles. The summed E-state index contributed by atoms with van der Waals surface area (Å²) in [6.45, 7) is 9.05. The molecule has 0 N–H and O–H groups in total. The van der Waals surface area contributed by atoms with Crippen molar-refractivity contribution in [2.75, 3.05) is 21.3 Å². The number of thiocarbonyl (C=S) groups is 1. The maximum Gasteiger partial charge on any atom is 0.272 e. The molecule has 1 spiro atoms. The molecule has 32 heavy (non-hydrogen) atoms. The third-order valence-electron chi connectivity index (χ3n) is 6.56. The Kier molecular flexibility index (Phi) is 5.56. The van der Waals surface area contributed by atoms with Crippen LogP contribution in [0.4, 0.5) is 17.2 Å². The Morgan fingerprint density at radius 1 is 1.22 bits per heavy atom. The zero-order valence-corrected chi connectivity index (χ0v) is 19.5. The topological polar surface area (TPSA) is 50.0 Å². The summed E-state index contributed by atoms with van der Waals surface area (Å²) < 4.78 is 6.16. The van der Waals surface area contributed by atoms with E-state index in [1.807, 2.05) is 53.9 Å². The summed E-state index contributed by atoms with van der Waals surface area (Å²) in [4.78, 5) is 24.8. The average molecular weight is 465 g/mol. The van der Waals surface area contributed by atoms with Crippen LogP contribution < -0.4 is 14.5 Å². The van der Waals surface area contributed by atoms with Crippen molar-refractivity contribution in [1.82, 2.24) is 4.98 Å². The summed E-state index contributed by atoms with van der Waals surface area (Å²) in [6.07, 6.45) is 6.54. The highest BCUT2D eigenvalue weighted by Gasteiger charge is 2.59. The van der Waals surface area contributed by atoms with Gasteiger partial charge in [-0.2, -0.15) is 11.8 Å². The van der Waals surface area contributed by atoms with Gasteiger partial charge in [-0.3, -0.25) is 9.69 Å². The molecule has 1 aromatic heterocycles. The molecule has 8 heteroatoms. The van der Waals surface area contributed by atoms with Gasteiger partial charge in [0.15, 0.2) is 5.11 Å². The van der Waals surface area contributed by atoms with E-state index in [2.05, 4.69) is 9.83 Å². The maximum atomic E-state index is 13.6. The SMILES string of the molecule is [C-]#[N+]c1ncc(N2C(=O)C3(CCC3)N(c3ccc(OC4CCSCC4)cc3)C2=S)cc1C. The van der Waals surface area contributed by atoms with Gasteiger partial charge in [0.1, 0.15) is 23.6 Å². The number of aryl methyl sites for hydroxylation is 1. The van der Waals surface area contributed by atoms with Crippen LogP contribution in [0, 0.1) is 13.5 Å². The number of carbonyl (C=O) groups excluding carboxylic acids is 1. The highest BCUT2D eigenvalue weighted by molar-refractivity contribution is 7.99. The normalized spacial score (nSPS) is 20.4. The van der Waals surface area contributed by atoms with E-state index in [0.717, 1.165) is 60.6 Å². The van der Waals surface area contributed by atoms with Gasteiger partial charge in [0, 0.05) is 5.69 Å². The summed E-state index contributed by atoms with van der Waals surface area (Å²) in [5, 5.41) is 0.462. The number of aromatic nitrogens is 1. The molecule has 2 aliphatic heterocycles. The summed E-state index contributed by atoms with van der Waals surface area (Å²) in [6, 6.07) is 9.79. The van der Waals surface area contributed by atoms with Crippen molar-refractivity contribution >= 4 is 52.2 Å². The molecule has 1 aromatic carbocycles. The molecule has 2 aromatic rings. The molecule has 3 fully saturated rings. The van der Waals surface area contributed by atoms with Crippen LogP contribution in [0.1, 0.15) is 37.7 Å². The predicted molar refractivity (Wildman–Crippen MR) is 132 cm³/mol. The Hall–Kier alpha value is -2.63. The number of hydrogen-bond acceptors (Lipinski definition) is 5. The second-order valence-corrected chi connectivity index (χ2v) is 10.1. The second kappa shape index (κ2) is 8.38. The number of nitrogens with zero attached hydrogens (tertiary/aromatic N) is 4. The van der Waals surface area contributed by atoms with Crippen molar-refractivity contribution in [2.24, 2.45) is 0 Å². The zero-order valence-electron chi connectivity index (χ0n) is 17.9. The van der Waals surface area contributed by atoms with E-state index < -0.39 is 5.54 Å². The van der Waals surface area contributed by atoms with E-state index in [1.165, 1.54) is 0 Å². The standard InChI is InChI=1S/C24H24N4O2S2/c1-16-14-18(15-26-21(16)25-2)27-22(29)24(10-3-11-24)28(23(27)31)17-4-6-19(7-5-17)30-20-8-12-32-13-9-20/h4-7,14-15,20H,3,8-13H2,1H3. The molecule has 164 valence electrons. The molecular formula is C24H24N4O2S2. The Morgan fingerprint density at radius 2 is 1.94 bits per heavy atom. The van der Waals surface area contributed by atoms with Crippen molar-refractivity contribution in [2.45, 2.75) is 50.7 Å². The fourth-order valence-corrected chi connectivity index (χ4v) is 6.19. The Balaban J connectivity index is 1.43. The van der Waals surface area contributed by atoms with Gasteiger partial charge in [0.25, 0.3) is 11.7 Å². The molecule has 0 radical (unpaired) electrons. The van der Waals surface area contributed by atoms with Gasteiger partial charge in [-0.15, -0.1) is 4.98 Å². The number of amides is 1. The number of thioether (sulfide) groups is 1. The van der Waals surface area contributed by atoms with Gasteiger partial charge in [-0.05, 0) is 98.6 Å². The first-order chi connectivity index (χ1) is 15.5. The molecule has 0 unspecified atom stereocenters. The van der Waals surface area contributed by atoms with Gasteiger partial charge < -0.3 is 14.5 Å². The predicted octanol–water partition coefficient (Wildman–Crippen LogP) is 5.28. The van der Waals surface area contributed by atoms with Crippen LogP contribution in [0.3, 0.4) is 0 Å². The lowest BCUT2D eigenvalue weighted by molar-refractivity contribution is -0.123. The van der Waals surface area contributed by atoms with E-state index in [4.69, 9.17) is 23.5 Å². The molecule has 3 aliphatic rings. The molecule has 3 heterocycles. The summed E-state index contributed by atoms with van der Waals surface area (Å²) in [5.74, 6) is 3.49. The summed E-state index contributed by atoms with van der Waals surface area (Å²) in [7, 11) is 0. The average Bonchev–Trinajstić information content (AvgIpc) is 3.02. The molecule has 6 nitrogen and oxygen atoms in total. The molecule has 0 bridgehead atoms. The summed E-state index contributed by atoms with van der Waals surface area (Å²) in [5.41, 5.74) is 1.62. The van der Waals surface area contributed by atoms with E-state index in [1.54, 1.807) is 11.1 Å². The lowest BCUT2D eigenvalue weighted by Crippen LogP contribution is -2.55. The van der Waals surface area contributed by atoms with E-state index in [-0.39, 0.29) is 12.0 Å². The van der Waals surface area contributed by atoms with Crippen LogP contribution in [0.15, 0.2) is 36.5 Å². The van der Waals surface area contributed by atoms with Gasteiger partial charge >= 0.3 is 0 Å². The quantitative estimate of drug-likeness (QED) is 0.454. The third kappa shape index (κ3) is 3.44. The smallest absolute Gasteiger partial charge is 0.272 e. The summed E-state index contributed by atoms with van der Waals surface area (Å²) >= 11 is 7.81. The molecular weight excluding hydrogens is 440 g/mol. The minimum Gasteiger partial charge on any atom is -0.490 e. The number of hydrogen-bond donors (Lipinski definition) is 0. The molecule has 5 rings (SSSR count). The number of pyridine rings is 1. The molecule has 1 amide bonds. The van der Waals surface area contributed by atoms with Crippen LogP contribution >= 0.6 is 24.0 Å². The van der Waals surface area contributed by atoms with Crippen LogP contribution in [-0.4, -0.2) is 39.2 Å². The molecule has 0 atom stereocenters. The number of anilines is 2. The van der Waals surface area contributed by atoms with E-state index in [9.17, 15) is 4.79 Å². The highest BCUT2D eigenvalue weighted by atomic mass is 32.2. The van der Waals surface area contributed by atoms with Crippen molar-refractivity contribution in [3.05, 3.63) is 53.5 Å². The first kappa shape index (κ1) is 21.2. The minimum absolute atomic E-state index is 0.00876. The molecule has 1 saturated carbocycles. The Morgan fingerprint density at radius 3 is 2.53 bits per heavy atom. The fraction of sp³-hybridized carbons (Fsp3) is 0.417. The zero-order chi connectivity index (χ0) is 22.3. The number of rotatable bonds is 4. The Labute approximate surface area is 197 Å². The fourth-order valence-electron chi connectivity index (χ4n) is 4.66. The number of ether oxygens (including phenoxy) is 1. The third-order valence-corrected chi connectivity index (χ3v) is 7.97. The van der Waals surface area contributed by atoms with Crippen molar-refractivity contribution in [1.29, 1.82) is 0 Å². The lowest BCUT2D eigenvalue weighted by atomic mass is 9.75. The van der Waals surface area contributed by atoms with Gasteiger partial charge in [-0.1, -0.05) is 6.57 Å². The second-order valence-electron chi connectivity index (χ2n) is 8.51. The van der Waals surface area contributed by atoms with Crippen LogP contribution in [0.5, 0.6) is 5.75 Å². The number of carbonyl (C=O) groups is 1. The van der Waals surface area contributed by atoms with Crippen molar-refractivity contribution < 1.29 is 9.53 Å². The van der Waals surface area contributed by atoms with Gasteiger partial charge in [0.05, 0.1) is 5.69 Å². The largest absolute Gasteiger partial charge is 0.490 e. The monoisotopic (exact) mass is 464 g/mol. The van der Waals surface area contributed by atoms with Crippen LogP contribution in [0.2, 0.25) is 0 Å².